The van der Waals surface area contributed by atoms with E-state index in [1.165, 1.54) is 14.2 Å². The first-order chi connectivity index (χ1) is 12.6. The van der Waals surface area contributed by atoms with E-state index >= 15 is 0 Å². The van der Waals surface area contributed by atoms with Crippen molar-refractivity contribution in [3.63, 3.8) is 0 Å². The van der Waals surface area contributed by atoms with Gasteiger partial charge in [-0.25, -0.2) is 0 Å². The van der Waals surface area contributed by atoms with Crippen molar-refractivity contribution in [2.24, 2.45) is 0 Å². The Morgan fingerprint density at radius 2 is 1.44 bits per heavy atom. The molecule has 0 heterocycles. The zero-order chi connectivity index (χ0) is 18.9. The van der Waals surface area contributed by atoms with Crippen LogP contribution in [0.5, 0.6) is 23.0 Å². The Kier molecular flexibility index (Phi) is 10.3. The van der Waals surface area contributed by atoms with Crippen LogP contribution in [0.3, 0.4) is 0 Å². The van der Waals surface area contributed by atoms with E-state index in [1.807, 2.05) is 24.3 Å². The average molecular weight is 386 g/mol. The summed E-state index contributed by atoms with van der Waals surface area (Å²) in [4.78, 5) is 12.8. The second kappa shape index (κ2) is 11.9. The molecule has 0 N–H and O–H groups in total. The van der Waals surface area contributed by atoms with Gasteiger partial charge in [-0.2, -0.15) is 0 Å². The van der Waals surface area contributed by atoms with E-state index in [4.69, 9.17) is 23.7 Å². The molecule has 0 aliphatic heterocycles. The van der Waals surface area contributed by atoms with Crippen LogP contribution < -0.4 is 24.3 Å². The van der Waals surface area contributed by atoms with E-state index in [1.54, 1.807) is 26.4 Å². The number of ether oxygens (including phenoxy) is 5. The van der Waals surface area contributed by atoms with Gasteiger partial charge in [-0.05, 0) is 26.0 Å². The summed E-state index contributed by atoms with van der Waals surface area (Å²) in [5.41, 5.74) is 0.337. The van der Waals surface area contributed by atoms with Gasteiger partial charge in [0.25, 0.3) is 0 Å². The van der Waals surface area contributed by atoms with Crippen LogP contribution in [0.15, 0.2) is 36.4 Å². The van der Waals surface area contributed by atoms with Crippen LogP contribution in [-0.2, 0) is 4.74 Å². The molecule has 1 atom stereocenters. The standard InChI is InChI=1S/C19H23O6P.Li.H/c1-21-9-10-25-13-5-7-15(8-6-13)26-19(20)18-16(23-3)11-14(22-2)12-17(18)24-4;;/h5-8,11-12,26H,9-10H2,1-4H3;;. The van der Waals surface area contributed by atoms with Crippen molar-refractivity contribution in [1.82, 2.24) is 0 Å². The van der Waals surface area contributed by atoms with Crippen LogP contribution >= 0.6 is 8.58 Å². The van der Waals surface area contributed by atoms with Crippen LogP contribution in [0, 0.1) is 0 Å². The molecule has 1 unspecified atom stereocenters. The Labute approximate surface area is 173 Å². The summed E-state index contributed by atoms with van der Waals surface area (Å²) in [6.07, 6.45) is 0. The molecule has 0 fully saturated rings. The van der Waals surface area contributed by atoms with E-state index in [0.717, 1.165) is 11.1 Å². The minimum absolute atomic E-state index is 0. The van der Waals surface area contributed by atoms with E-state index in [2.05, 4.69) is 0 Å². The van der Waals surface area contributed by atoms with Crippen LogP contribution in [-0.4, -0.2) is 66.0 Å². The quantitative estimate of drug-likeness (QED) is 0.355. The molecule has 0 aliphatic rings. The van der Waals surface area contributed by atoms with Crippen molar-refractivity contribution in [2.45, 2.75) is 0 Å². The molecule has 0 amide bonds. The summed E-state index contributed by atoms with van der Waals surface area (Å²) >= 11 is 0. The van der Waals surface area contributed by atoms with Gasteiger partial charge < -0.3 is 23.7 Å². The second-order valence-electron chi connectivity index (χ2n) is 5.23. The van der Waals surface area contributed by atoms with Gasteiger partial charge in [0.1, 0.15) is 35.2 Å². The van der Waals surface area contributed by atoms with Crippen molar-refractivity contribution in [3.8, 4) is 23.0 Å². The molecule has 0 bridgehead atoms. The summed E-state index contributed by atoms with van der Waals surface area (Å²) in [6, 6.07) is 10.8. The molecule has 0 saturated carbocycles. The van der Waals surface area contributed by atoms with Crippen LogP contribution in [0.2, 0.25) is 0 Å². The topological polar surface area (TPSA) is 63.2 Å². The first-order valence-electron chi connectivity index (χ1n) is 7.96. The van der Waals surface area contributed by atoms with Crippen molar-refractivity contribution >= 4 is 38.3 Å². The molecule has 8 heteroatoms. The molecule has 0 spiro atoms. The van der Waals surface area contributed by atoms with Crippen LogP contribution in [0.25, 0.3) is 0 Å². The minimum atomic E-state index is -0.0746. The monoisotopic (exact) mass is 386 g/mol. The van der Waals surface area contributed by atoms with Crippen molar-refractivity contribution in [1.29, 1.82) is 0 Å². The Balaban J connectivity index is 0.00000364. The zero-order valence-electron chi connectivity index (χ0n) is 15.3. The number of carbonyl (C=O) groups is 1. The first kappa shape index (κ1) is 23.3. The number of hydrogen-bond acceptors (Lipinski definition) is 6. The van der Waals surface area contributed by atoms with Crippen LogP contribution in [0.4, 0.5) is 0 Å². The fourth-order valence-corrected chi connectivity index (χ4v) is 3.27. The number of hydrogen-bond donors (Lipinski definition) is 0. The fraction of sp³-hybridized carbons (Fsp3) is 0.316. The normalized spacial score (nSPS) is 10.4. The molecule has 2 aromatic rings. The van der Waals surface area contributed by atoms with Crippen LogP contribution in [0.1, 0.15) is 10.4 Å². The van der Waals surface area contributed by atoms with E-state index in [0.29, 0.717) is 36.0 Å². The SMILES string of the molecule is COCCOc1ccc(PC(=O)c2c(OC)cc(OC)cc2OC)cc1.[LiH]. The summed E-state index contributed by atoms with van der Waals surface area (Å²) < 4.78 is 26.4. The zero-order valence-corrected chi connectivity index (χ0v) is 16.3. The molecule has 0 aromatic heterocycles. The van der Waals surface area contributed by atoms with Gasteiger partial charge in [0.15, 0.2) is 5.52 Å². The van der Waals surface area contributed by atoms with Gasteiger partial charge in [0, 0.05) is 19.2 Å². The summed E-state index contributed by atoms with van der Waals surface area (Å²) in [5.74, 6) is 2.16. The third kappa shape index (κ3) is 6.44. The average Bonchev–Trinajstić information content (AvgIpc) is 2.68. The van der Waals surface area contributed by atoms with Gasteiger partial charge >= 0.3 is 18.9 Å². The maximum atomic E-state index is 12.8. The molecule has 27 heavy (non-hydrogen) atoms. The summed E-state index contributed by atoms with van der Waals surface area (Å²) in [6.45, 7) is 1.01. The molecule has 0 aliphatic carbocycles. The molecule has 0 radical (unpaired) electrons. The van der Waals surface area contributed by atoms with Crippen molar-refractivity contribution in [3.05, 3.63) is 42.0 Å². The van der Waals surface area contributed by atoms with Crippen molar-refractivity contribution in [2.75, 3.05) is 41.7 Å². The molecular weight excluding hydrogens is 362 g/mol. The number of rotatable bonds is 10. The predicted octanol–water partition coefficient (Wildman–Crippen LogP) is 2.23. The Morgan fingerprint density at radius 1 is 0.852 bits per heavy atom. The van der Waals surface area contributed by atoms with E-state index < -0.39 is 0 Å². The third-order valence-corrected chi connectivity index (χ3v) is 4.71. The predicted molar refractivity (Wildman–Crippen MR) is 109 cm³/mol. The molecule has 6 nitrogen and oxygen atoms in total. The summed E-state index contributed by atoms with van der Waals surface area (Å²) in [5, 5.41) is 0.897. The Bertz CT molecular complexity index is 710. The molecule has 2 aromatic carbocycles. The number of carbonyl (C=O) groups excluding carboxylic acids is 1. The molecule has 2 rings (SSSR count). The Morgan fingerprint density at radius 3 is 1.93 bits per heavy atom. The Hall–Kier alpha value is -1.70. The van der Waals surface area contributed by atoms with Crippen molar-refractivity contribution < 1.29 is 28.5 Å². The van der Waals surface area contributed by atoms with Gasteiger partial charge in [-0.3, -0.25) is 4.79 Å². The first-order valence-corrected chi connectivity index (χ1v) is 8.96. The summed E-state index contributed by atoms with van der Waals surface area (Å²) in [7, 11) is 6.13. The van der Waals surface area contributed by atoms with E-state index in [9.17, 15) is 4.79 Å². The van der Waals surface area contributed by atoms with E-state index in [-0.39, 0.29) is 33.0 Å². The second-order valence-corrected chi connectivity index (χ2v) is 6.51. The van der Waals surface area contributed by atoms with Gasteiger partial charge in [-0.1, -0.05) is 12.1 Å². The molecule has 0 saturated heterocycles. The van der Waals surface area contributed by atoms with Gasteiger partial charge in [0.05, 0.1) is 27.9 Å². The van der Waals surface area contributed by atoms with Gasteiger partial charge in [-0.15, -0.1) is 0 Å². The fourth-order valence-electron chi connectivity index (χ4n) is 2.30. The maximum absolute atomic E-state index is 12.8. The molecule has 142 valence electrons. The molecular formula is C19H24LiO6P. The third-order valence-electron chi connectivity index (χ3n) is 3.61. The number of benzene rings is 2. The van der Waals surface area contributed by atoms with Gasteiger partial charge in [0.2, 0.25) is 0 Å². The number of methoxy groups -OCH3 is 4.